The molecular formula is C17H25N3O3. The monoisotopic (exact) mass is 319 g/mol. The molecule has 0 aliphatic carbocycles. The smallest absolute Gasteiger partial charge is 0.251 e. The first-order valence-electron chi connectivity index (χ1n) is 8.05. The van der Waals surface area contributed by atoms with Gasteiger partial charge in [0, 0.05) is 43.3 Å². The molecule has 6 heteroatoms. The largest absolute Gasteiger partial charge is 0.379 e. The number of benzene rings is 1. The first kappa shape index (κ1) is 17.4. The SMILES string of the molecule is CC(C)C(=O)Nc1cccc(C(=O)NCCN2CCOCC2)c1. The second-order valence-electron chi connectivity index (χ2n) is 5.93. The van der Waals surface area contributed by atoms with Gasteiger partial charge in [-0.25, -0.2) is 0 Å². The van der Waals surface area contributed by atoms with Gasteiger partial charge >= 0.3 is 0 Å². The lowest BCUT2D eigenvalue weighted by Crippen LogP contribution is -2.41. The number of rotatable bonds is 6. The summed E-state index contributed by atoms with van der Waals surface area (Å²) < 4.78 is 5.29. The van der Waals surface area contributed by atoms with Crippen molar-refractivity contribution in [2.45, 2.75) is 13.8 Å². The standard InChI is InChI=1S/C17H25N3O3/c1-13(2)16(21)19-15-5-3-4-14(12-15)17(22)18-6-7-20-8-10-23-11-9-20/h3-5,12-13H,6-11H2,1-2H3,(H,18,22)(H,19,21). The van der Waals surface area contributed by atoms with Crippen molar-refractivity contribution >= 4 is 17.5 Å². The molecule has 0 radical (unpaired) electrons. The summed E-state index contributed by atoms with van der Waals surface area (Å²) in [6.07, 6.45) is 0. The highest BCUT2D eigenvalue weighted by atomic mass is 16.5. The zero-order chi connectivity index (χ0) is 16.7. The van der Waals surface area contributed by atoms with Gasteiger partial charge in [-0.15, -0.1) is 0 Å². The second-order valence-corrected chi connectivity index (χ2v) is 5.93. The van der Waals surface area contributed by atoms with Gasteiger partial charge in [0.1, 0.15) is 0 Å². The van der Waals surface area contributed by atoms with Gasteiger partial charge in [-0.05, 0) is 18.2 Å². The Morgan fingerprint density at radius 3 is 2.70 bits per heavy atom. The van der Waals surface area contributed by atoms with Gasteiger partial charge in [0.05, 0.1) is 13.2 Å². The fourth-order valence-electron chi connectivity index (χ4n) is 2.28. The van der Waals surface area contributed by atoms with E-state index in [1.54, 1.807) is 24.3 Å². The normalized spacial score (nSPS) is 15.4. The summed E-state index contributed by atoms with van der Waals surface area (Å²) >= 11 is 0. The van der Waals surface area contributed by atoms with E-state index in [-0.39, 0.29) is 17.7 Å². The van der Waals surface area contributed by atoms with Crippen LogP contribution in [0.25, 0.3) is 0 Å². The van der Waals surface area contributed by atoms with Crippen LogP contribution in [0.2, 0.25) is 0 Å². The van der Waals surface area contributed by atoms with E-state index in [0.717, 1.165) is 32.8 Å². The number of amides is 2. The molecule has 0 atom stereocenters. The van der Waals surface area contributed by atoms with E-state index in [1.165, 1.54) is 0 Å². The summed E-state index contributed by atoms with van der Waals surface area (Å²) in [5, 5.41) is 5.72. The highest BCUT2D eigenvalue weighted by Gasteiger charge is 2.12. The lowest BCUT2D eigenvalue weighted by Gasteiger charge is -2.26. The van der Waals surface area contributed by atoms with Gasteiger partial charge in [0.15, 0.2) is 0 Å². The zero-order valence-corrected chi connectivity index (χ0v) is 13.8. The third kappa shape index (κ3) is 5.65. The Bertz CT molecular complexity index is 540. The number of ether oxygens (including phenoxy) is 1. The fourth-order valence-corrected chi connectivity index (χ4v) is 2.28. The Morgan fingerprint density at radius 2 is 2.00 bits per heavy atom. The van der Waals surface area contributed by atoms with E-state index in [0.29, 0.717) is 17.8 Å². The maximum absolute atomic E-state index is 12.2. The molecule has 126 valence electrons. The quantitative estimate of drug-likeness (QED) is 0.830. The fraction of sp³-hybridized carbons (Fsp3) is 0.529. The van der Waals surface area contributed by atoms with Crippen molar-refractivity contribution in [3.63, 3.8) is 0 Å². The average Bonchev–Trinajstić information content (AvgIpc) is 2.56. The lowest BCUT2D eigenvalue weighted by molar-refractivity contribution is -0.118. The molecule has 1 aliphatic heterocycles. The van der Waals surface area contributed by atoms with Crippen molar-refractivity contribution in [2.75, 3.05) is 44.7 Å². The second kappa shape index (κ2) is 8.64. The van der Waals surface area contributed by atoms with E-state index < -0.39 is 0 Å². The Labute approximate surface area is 137 Å². The molecule has 23 heavy (non-hydrogen) atoms. The van der Waals surface area contributed by atoms with Crippen LogP contribution in [0.1, 0.15) is 24.2 Å². The maximum atomic E-state index is 12.2. The highest BCUT2D eigenvalue weighted by molar-refractivity contribution is 5.97. The number of hydrogen-bond donors (Lipinski definition) is 2. The van der Waals surface area contributed by atoms with Crippen LogP contribution in [0.5, 0.6) is 0 Å². The van der Waals surface area contributed by atoms with E-state index in [9.17, 15) is 9.59 Å². The van der Waals surface area contributed by atoms with Crippen LogP contribution in [0.4, 0.5) is 5.69 Å². The molecule has 0 saturated carbocycles. The van der Waals surface area contributed by atoms with Gasteiger partial charge in [0.25, 0.3) is 5.91 Å². The Morgan fingerprint density at radius 1 is 1.26 bits per heavy atom. The molecule has 1 saturated heterocycles. The number of anilines is 1. The zero-order valence-electron chi connectivity index (χ0n) is 13.8. The predicted octanol–water partition coefficient (Wildman–Crippen LogP) is 1.34. The van der Waals surface area contributed by atoms with Gasteiger partial charge in [-0.3, -0.25) is 14.5 Å². The van der Waals surface area contributed by atoms with Gasteiger partial charge in [-0.2, -0.15) is 0 Å². The van der Waals surface area contributed by atoms with Crippen molar-refractivity contribution in [3.8, 4) is 0 Å². The lowest BCUT2D eigenvalue weighted by atomic mass is 10.1. The molecule has 0 unspecified atom stereocenters. The third-order valence-corrected chi connectivity index (χ3v) is 3.73. The van der Waals surface area contributed by atoms with E-state index in [2.05, 4.69) is 15.5 Å². The van der Waals surface area contributed by atoms with E-state index in [1.807, 2.05) is 13.8 Å². The Kier molecular flexibility index (Phi) is 6.55. The first-order chi connectivity index (χ1) is 11.1. The Hall–Kier alpha value is -1.92. The summed E-state index contributed by atoms with van der Waals surface area (Å²) in [5.74, 6) is -0.283. The van der Waals surface area contributed by atoms with Gasteiger partial charge in [-0.1, -0.05) is 19.9 Å². The number of hydrogen-bond acceptors (Lipinski definition) is 4. The van der Waals surface area contributed by atoms with Crippen LogP contribution in [-0.2, 0) is 9.53 Å². The van der Waals surface area contributed by atoms with Gasteiger partial charge < -0.3 is 15.4 Å². The maximum Gasteiger partial charge on any atom is 0.251 e. The summed E-state index contributed by atoms with van der Waals surface area (Å²) in [7, 11) is 0. The Balaban J connectivity index is 1.82. The molecular weight excluding hydrogens is 294 g/mol. The van der Waals surface area contributed by atoms with Crippen molar-refractivity contribution in [1.82, 2.24) is 10.2 Å². The average molecular weight is 319 g/mol. The number of nitrogens with one attached hydrogen (secondary N) is 2. The molecule has 2 rings (SSSR count). The van der Waals surface area contributed by atoms with Crippen molar-refractivity contribution in [1.29, 1.82) is 0 Å². The molecule has 1 aromatic rings. The first-order valence-corrected chi connectivity index (χ1v) is 8.05. The van der Waals surface area contributed by atoms with Crippen molar-refractivity contribution < 1.29 is 14.3 Å². The molecule has 1 aliphatic rings. The molecule has 1 aromatic carbocycles. The van der Waals surface area contributed by atoms with Crippen LogP contribution < -0.4 is 10.6 Å². The molecule has 1 heterocycles. The van der Waals surface area contributed by atoms with E-state index in [4.69, 9.17) is 4.74 Å². The minimum atomic E-state index is -0.126. The molecule has 6 nitrogen and oxygen atoms in total. The van der Waals surface area contributed by atoms with Crippen molar-refractivity contribution in [2.24, 2.45) is 5.92 Å². The summed E-state index contributed by atoms with van der Waals surface area (Å²) in [4.78, 5) is 26.2. The molecule has 0 spiro atoms. The molecule has 2 amide bonds. The van der Waals surface area contributed by atoms with Crippen LogP contribution in [0, 0.1) is 5.92 Å². The molecule has 0 aromatic heterocycles. The van der Waals surface area contributed by atoms with E-state index >= 15 is 0 Å². The molecule has 2 N–H and O–H groups in total. The molecule has 1 fully saturated rings. The minimum absolute atomic E-state index is 0.0603. The van der Waals surface area contributed by atoms with Gasteiger partial charge in [0.2, 0.25) is 5.91 Å². The predicted molar refractivity (Wildman–Crippen MR) is 89.5 cm³/mol. The van der Waals surface area contributed by atoms with Crippen LogP contribution in [0.15, 0.2) is 24.3 Å². The van der Waals surface area contributed by atoms with Crippen LogP contribution >= 0.6 is 0 Å². The number of nitrogens with zero attached hydrogens (tertiary/aromatic N) is 1. The third-order valence-electron chi connectivity index (χ3n) is 3.73. The highest BCUT2D eigenvalue weighted by Crippen LogP contribution is 2.12. The topological polar surface area (TPSA) is 70.7 Å². The van der Waals surface area contributed by atoms with Crippen molar-refractivity contribution in [3.05, 3.63) is 29.8 Å². The minimum Gasteiger partial charge on any atom is -0.379 e. The summed E-state index contributed by atoms with van der Waals surface area (Å²) in [6, 6.07) is 7.00. The number of carbonyl (C=O) groups is 2. The number of carbonyl (C=O) groups excluding carboxylic acids is 2. The molecule has 0 bridgehead atoms. The summed E-state index contributed by atoms with van der Waals surface area (Å²) in [6.45, 7) is 8.41. The number of morpholine rings is 1. The van der Waals surface area contributed by atoms with Crippen LogP contribution in [0.3, 0.4) is 0 Å². The summed E-state index contributed by atoms with van der Waals surface area (Å²) in [5.41, 5.74) is 1.19. The van der Waals surface area contributed by atoms with Crippen LogP contribution in [-0.4, -0.2) is 56.1 Å².